The summed E-state index contributed by atoms with van der Waals surface area (Å²) in [7, 11) is 2.61. The number of amides is 2. The van der Waals surface area contributed by atoms with Gasteiger partial charge in [0, 0.05) is 19.2 Å². The Labute approximate surface area is 173 Å². The fraction of sp³-hybridized carbons (Fsp3) is 0.286. The molecule has 0 radical (unpaired) electrons. The predicted molar refractivity (Wildman–Crippen MR) is 106 cm³/mol. The molecule has 9 nitrogen and oxygen atoms in total. The van der Waals surface area contributed by atoms with Crippen molar-refractivity contribution >= 4 is 18.0 Å². The molecule has 0 fully saturated rings. The van der Waals surface area contributed by atoms with E-state index in [2.05, 4.69) is 10.1 Å². The van der Waals surface area contributed by atoms with E-state index in [1.807, 2.05) is 6.07 Å². The molecule has 0 aliphatic carbocycles. The van der Waals surface area contributed by atoms with Gasteiger partial charge in [-0.25, -0.2) is 4.79 Å². The molecule has 0 saturated heterocycles. The van der Waals surface area contributed by atoms with E-state index in [1.165, 1.54) is 37.3 Å². The topological polar surface area (TPSA) is 125 Å². The van der Waals surface area contributed by atoms with Crippen molar-refractivity contribution in [3.05, 3.63) is 59.7 Å². The molecule has 0 unspecified atom stereocenters. The van der Waals surface area contributed by atoms with Crippen molar-refractivity contribution in [2.24, 2.45) is 0 Å². The third kappa shape index (κ3) is 6.69. The normalized spacial score (nSPS) is 11.3. The van der Waals surface area contributed by atoms with Crippen molar-refractivity contribution in [3.63, 3.8) is 0 Å². The van der Waals surface area contributed by atoms with Crippen molar-refractivity contribution in [1.29, 1.82) is 0 Å². The minimum absolute atomic E-state index is 0.00118. The minimum Gasteiger partial charge on any atom is -0.508 e. The lowest BCUT2D eigenvalue weighted by atomic mass is 10.1. The number of esters is 1. The van der Waals surface area contributed by atoms with Crippen LogP contribution in [0.4, 0.5) is 4.79 Å². The van der Waals surface area contributed by atoms with Crippen LogP contribution in [0.2, 0.25) is 0 Å². The maximum absolute atomic E-state index is 12.8. The molecule has 160 valence electrons. The molecule has 0 aliphatic heterocycles. The Hall–Kier alpha value is -3.75. The molecule has 9 heteroatoms. The van der Waals surface area contributed by atoms with Crippen molar-refractivity contribution in [1.82, 2.24) is 10.2 Å². The van der Waals surface area contributed by atoms with Gasteiger partial charge in [-0.2, -0.15) is 0 Å². The molecule has 1 atom stereocenters. The zero-order valence-corrected chi connectivity index (χ0v) is 16.7. The number of nitrogens with one attached hydrogen (secondary N) is 1. The highest BCUT2D eigenvalue weighted by atomic mass is 16.5. The van der Waals surface area contributed by atoms with Crippen LogP contribution in [0.25, 0.3) is 0 Å². The Balaban J connectivity index is 2.04. The van der Waals surface area contributed by atoms with Crippen LogP contribution in [0.5, 0.6) is 11.5 Å². The van der Waals surface area contributed by atoms with E-state index in [4.69, 9.17) is 4.74 Å². The van der Waals surface area contributed by atoms with Gasteiger partial charge in [0.25, 0.3) is 0 Å². The van der Waals surface area contributed by atoms with Crippen LogP contribution in [0.15, 0.2) is 48.5 Å². The molecule has 0 bridgehead atoms. The van der Waals surface area contributed by atoms with Crippen LogP contribution >= 0.6 is 0 Å². The number of aromatic hydroxyl groups is 2. The van der Waals surface area contributed by atoms with Gasteiger partial charge in [-0.15, -0.1) is 0 Å². The summed E-state index contributed by atoms with van der Waals surface area (Å²) in [6, 6.07) is 11.7. The smallest absolute Gasteiger partial charge is 0.408 e. The Morgan fingerprint density at radius 2 is 1.80 bits per heavy atom. The summed E-state index contributed by atoms with van der Waals surface area (Å²) < 4.78 is 9.71. The first-order valence-electron chi connectivity index (χ1n) is 9.10. The third-order valence-electron chi connectivity index (χ3n) is 4.25. The summed E-state index contributed by atoms with van der Waals surface area (Å²) in [5, 5.41) is 21.9. The largest absolute Gasteiger partial charge is 0.508 e. The van der Waals surface area contributed by atoms with E-state index in [-0.39, 0.29) is 24.7 Å². The fourth-order valence-corrected chi connectivity index (χ4v) is 2.66. The number of hydrogen-bond acceptors (Lipinski definition) is 7. The first kappa shape index (κ1) is 22.5. The second-order valence-corrected chi connectivity index (χ2v) is 6.55. The molecule has 30 heavy (non-hydrogen) atoms. The summed E-state index contributed by atoms with van der Waals surface area (Å²) in [6.45, 7) is -0.0592. The highest BCUT2D eigenvalue weighted by molar-refractivity contribution is 5.89. The number of rotatable bonds is 8. The Kier molecular flexibility index (Phi) is 8.04. The van der Waals surface area contributed by atoms with E-state index in [1.54, 1.807) is 24.3 Å². The van der Waals surface area contributed by atoms with Crippen LogP contribution in [0, 0.1) is 0 Å². The lowest BCUT2D eigenvalue weighted by molar-refractivity contribution is -0.144. The van der Waals surface area contributed by atoms with Gasteiger partial charge in [0.1, 0.15) is 24.1 Å². The Morgan fingerprint density at radius 3 is 2.47 bits per heavy atom. The van der Waals surface area contributed by atoms with Crippen molar-refractivity contribution in [2.45, 2.75) is 25.6 Å². The summed E-state index contributed by atoms with van der Waals surface area (Å²) in [5.74, 6) is -1.46. The van der Waals surface area contributed by atoms with E-state index in [0.29, 0.717) is 5.56 Å². The van der Waals surface area contributed by atoms with Crippen molar-refractivity contribution < 1.29 is 34.1 Å². The Bertz CT molecular complexity index is 886. The van der Waals surface area contributed by atoms with Crippen LogP contribution < -0.4 is 5.32 Å². The molecule has 0 heterocycles. The summed E-state index contributed by atoms with van der Waals surface area (Å²) in [5.41, 5.74) is 1.06. The molecule has 0 spiro atoms. The van der Waals surface area contributed by atoms with Gasteiger partial charge < -0.3 is 29.9 Å². The van der Waals surface area contributed by atoms with E-state index < -0.39 is 30.4 Å². The van der Waals surface area contributed by atoms with Gasteiger partial charge in [-0.1, -0.05) is 30.3 Å². The first-order valence-corrected chi connectivity index (χ1v) is 9.10. The number of hydrogen-bond donors (Lipinski definition) is 3. The van der Waals surface area contributed by atoms with Crippen molar-refractivity contribution in [2.75, 3.05) is 14.2 Å². The summed E-state index contributed by atoms with van der Waals surface area (Å²) >= 11 is 0. The zero-order chi connectivity index (χ0) is 22.1. The molecule has 2 rings (SSSR count). The van der Waals surface area contributed by atoms with Gasteiger partial charge in [-0.3, -0.25) is 9.59 Å². The van der Waals surface area contributed by atoms with Gasteiger partial charge in [0.2, 0.25) is 5.91 Å². The van der Waals surface area contributed by atoms with E-state index in [9.17, 15) is 24.6 Å². The number of alkyl carbamates (subject to hydrolysis) is 1. The number of carbonyl (C=O) groups excluding carboxylic acids is 3. The maximum atomic E-state index is 12.8. The van der Waals surface area contributed by atoms with Crippen molar-refractivity contribution in [3.8, 4) is 11.5 Å². The van der Waals surface area contributed by atoms with Crippen LogP contribution in [-0.2, 0) is 32.2 Å². The van der Waals surface area contributed by atoms with Crippen LogP contribution in [0.3, 0.4) is 0 Å². The zero-order valence-electron chi connectivity index (χ0n) is 16.7. The van der Waals surface area contributed by atoms with Crippen LogP contribution in [0.1, 0.15) is 17.5 Å². The van der Waals surface area contributed by atoms with Gasteiger partial charge in [0.15, 0.2) is 0 Å². The number of nitrogens with zero attached hydrogens (tertiary/aromatic N) is 1. The highest BCUT2D eigenvalue weighted by Crippen LogP contribution is 2.23. The molecule has 3 N–H and O–H groups in total. The van der Waals surface area contributed by atoms with Gasteiger partial charge in [0.05, 0.1) is 13.5 Å². The molecule has 2 amide bonds. The molecular weight excluding hydrogens is 392 g/mol. The predicted octanol–water partition coefficient (Wildman–Crippen LogP) is 1.91. The average Bonchev–Trinajstić information content (AvgIpc) is 2.74. The van der Waals surface area contributed by atoms with Gasteiger partial charge >= 0.3 is 12.1 Å². The molecule has 0 saturated carbocycles. The lowest BCUT2D eigenvalue weighted by Crippen LogP contribution is -2.48. The molecular formula is C21H24N2O7. The number of methoxy groups -OCH3 is 1. The Morgan fingerprint density at radius 1 is 1.10 bits per heavy atom. The maximum Gasteiger partial charge on any atom is 0.408 e. The summed E-state index contributed by atoms with van der Waals surface area (Å²) in [4.78, 5) is 37.9. The third-order valence-corrected chi connectivity index (χ3v) is 4.25. The van der Waals surface area contributed by atoms with E-state index in [0.717, 1.165) is 5.56 Å². The number of phenolic OH excluding ortho intramolecular Hbond substituents is 2. The monoisotopic (exact) mass is 416 g/mol. The first-order chi connectivity index (χ1) is 14.3. The second kappa shape index (κ2) is 10.7. The van der Waals surface area contributed by atoms with Crippen LogP contribution in [-0.4, -0.2) is 53.3 Å². The number of carbonyl (C=O) groups is 3. The fourth-order valence-electron chi connectivity index (χ4n) is 2.66. The highest BCUT2D eigenvalue weighted by Gasteiger charge is 2.28. The quantitative estimate of drug-likeness (QED) is 0.443. The second-order valence-electron chi connectivity index (χ2n) is 6.55. The number of ether oxygens (including phenoxy) is 2. The van der Waals surface area contributed by atoms with E-state index >= 15 is 0 Å². The molecule has 2 aromatic rings. The summed E-state index contributed by atoms with van der Waals surface area (Å²) in [6.07, 6.45) is -1.26. The standard InChI is InChI=1S/C21H24N2O7/c1-23(12-15-10-16(24)8-9-18(15)25)20(27)17(11-19(26)29-2)22-21(28)30-13-14-6-4-3-5-7-14/h3-10,17,24-25H,11-13H2,1-2H3,(H,22,28)/t17-/m0/s1. The minimum atomic E-state index is -1.23. The molecule has 0 aromatic heterocycles. The lowest BCUT2D eigenvalue weighted by Gasteiger charge is -2.24. The molecule has 2 aromatic carbocycles. The average molecular weight is 416 g/mol. The number of benzene rings is 2. The van der Waals surface area contributed by atoms with Gasteiger partial charge in [-0.05, 0) is 23.8 Å². The molecule has 0 aliphatic rings. The number of likely N-dealkylation sites (N-methyl/N-ethyl adjacent to an activating group) is 1. The SMILES string of the molecule is COC(=O)C[C@H](NC(=O)OCc1ccccc1)C(=O)N(C)Cc1cc(O)ccc1O. The number of phenols is 2.